The molecule has 1 rings (SSSR count). The van der Waals surface area contributed by atoms with Crippen molar-refractivity contribution in [3.05, 3.63) is 16.1 Å². The highest BCUT2D eigenvalue weighted by Crippen LogP contribution is 2.21. The summed E-state index contributed by atoms with van der Waals surface area (Å²) in [6.07, 6.45) is -1.19. The van der Waals surface area contributed by atoms with Crippen LogP contribution in [0, 0.1) is 6.92 Å². The molecule has 0 saturated carbocycles. The maximum absolute atomic E-state index is 10.9. The molecule has 0 amide bonds. The van der Waals surface area contributed by atoms with Crippen molar-refractivity contribution < 1.29 is 14.6 Å². The average Bonchev–Trinajstić information content (AvgIpc) is 2.48. The number of nitrogens with zero attached hydrogens (tertiary/aromatic N) is 1. The van der Waals surface area contributed by atoms with E-state index in [2.05, 4.69) is 9.72 Å². The lowest BCUT2D eigenvalue weighted by atomic mass is 10.2. The van der Waals surface area contributed by atoms with Gasteiger partial charge in [0, 0.05) is 0 Å². The first-order valence-electron chi connectivity index (χ1n) is 3.32. The summed E-state index contributed by atoms with van der Waals surface area (Å²) in [5.74, 6) is -0.651. The summed E-state index contributed by atoms with van der Waals surface area (Å²) in [7, 11) is 1.24. The summed E-state index contributed by atoms with van der Waals surface area (Å²) in [5.41, 5.74) is 2.24. The third kappa shape index (κ3) is 1.62. The van der Waals surface area contributed by atoms with Gasteiger partial charge in [-0.1, -0.05) is 0 Å². The quantitative estimate of drug-likeness (QED) is 0.691. The van der Waals surface area contributed by atoms with Crippen LogP contribution in [0.15, 0.2) is 5.51 Å². The SMILES string of the molecule is COC(=O)C(O)c1scnc1C. The molecule has 0 aliphatic carbocycles. The number of carbonyl (C=O) groups is 1. The van der Waals surface area contributed by atoms with Crippen LogP contribution in [-0.2, 0) is 9.53 Å². The number of methoxy groups -OCH3 is 1. The number of esters is 1. The van der Waals surface area contributed by atoms with Crippen molar-refractivity contribution in [3.8, 4) is 0 Å². The highest BCUT2D eigenvalue weighted by atomic mass is 32.1. The number of aliphatic hydroxyl groups excluding tert-OH is 1. The average molecular weight is 187 g/mol. The number of ether oxygens (including phenoxy) is 1. The van der Waals surface area contributed by atoms with E-state index >= 15 is 0 Å². The molecule has 5 heteroatoms. The van der Waals surface area contributed by atoms with E-state index < -0.39 is 12.1 Å². The van der Waals surface area contributed by atoms with Gasteiger partial charge < -0.3 is 9.84 Å². The molecule has 1 atom stereocenters. The Kier molecular flexibility index (Phi) is 2.78. The second-order valence-corrected chi connectivity index (χ2v) is 3.11. The van der Waals surface area contributed by atoms with Gasteiger partial charge in [0.1, 0.15) is 0 Å². The topological polar surface area (TPSA) is 59.4 Å². The highest BCUT2D eigenvalue weighted by molar-refractivity contribution is 7.09. The fraction of sp³-hybridized carbons (Fsp3) is 0.429. The molecule has 0 fully saturated rings. The molecule has 1 unspecified atom stereocenters. The van der Waals surface area contributed by atoms with E-state index in [0.717, 1.165) is 0 Å². The molecule has 0 aliphatic rings. The molecule has 4 nitrogen and oxygen atoms in total. The molecule has 1 aromatic rings. The maximum atomic E-state index is 10.9. The molecule has 0 aliphatic heterocycles. The Balaban J connectivity index is 2.84. The van der Waals surface area contributed by atoms with Crippen LogP contribution in [0.4, 0.5) is 0 Å². The molecular formula is C7H9NO3S. The highest BCUT2D eigenvalue weighted by Gasteiger charge is 2.21. The summed E-state index contributed by atoms with van der Waals surface area (Å²) >= 11 is 1.24. The summed E-state index contributed by atoms with van der Waals surface area (Å²) in [6.45, 7) is 1.73. The van der Waals surface area contributed by atoms with Gasteiger partial charge in [-0.15, -0.1) is 11.3 Å². The largest absolute Gasteiger partial charge is 0.467 e. The minimum Gasteiger partial charge on any atom is -0.467 e. The standard InChI is InChI=1S/C7H9NO3S/c1-4-6(12-3-8-4)5(9)7(10)11-2/h3,5,9H,1-2H3. The Morgan fingerprint density at radius 2 is 2.50 bits per heavy atom. The van der Waals surface area contributed by atoms with Crippen LogP contribution in [0.5, 0.6) is 0 Å². The van der Waals surface area contributed by atoms with Crippen molar-refractivity contribution in [2.45, 2.75) is 13.0 Å². The van der Waals surface area contributed by atoms with Crippen LogP contribution < -0.4 is 0 Å². The van der Waals surface area contributed by atoms with Crippen molar-refractivity contribution in [2.75, 3.05) is 7.11 Å². The van der Waals surface area contributed by atoms with Crippen LogP contribution in [0.25, 0.3) is 0 Å². The molecule has 0 spiro atoms. The van der Waals surface area contributed by atoms with Gasteiger partial charge >= 0.3 is 5.97 Å². The number of thiazole rings is 1. The van der Waals surface area contributed by atoms with Gasteiger partial charge in [-0.3, -0.25) is 0 Å². The zero-order valence-electron chi connectivity index (χ0n) is 6.77. The first-order chi connectivity index (χ1) is 5.66. The van der Waals surface area contributed by atoms with E-state index in [-0.39, 0.29) is 0 Å². The first kappa shape index (κ1) is 9.15. The lowest BCUT2D eigenvalue weighted by Gasteiger charge is -2.05. The van der Waals surface area contributed by atoms with Gasteiger partial charge in [0.05, 0.1) is 23.2 Å². The molecular weight excluding hydrogens is 178 g/mol. The van der Waals surface area contributed by atoms with Crippen molar-refractivity contribution >= 4 is 17.3 Å². The second kappa shape index (κ2) is 3.64. The van der Waals surface area contributed by atoms with Gasteiger partial charge in [0.25, 0.3) is 0 Å². The summed E-state index contributed by atoms with van der Waals surface area (Å²) in [6, 6.07) is 0. The summed E-state index contributed by atoms with van der Waals surface area (Å²) in [4.78, 5) is 15.3. The third-order valence-corrected chi connectivity index (χ3v) is 2.44. The Morgan fingerprint density at radius 1 is 1.83 bits per heavy atom. The van der Waals surface area contributed by atoms with E-state index in [1.807, 2.05) is 0 Å². The normalized spacial score (nSPS) is 12.6. The van der Waals surface area contributed by atoms with E-state index in [1.54, 1.807) is 12.4 Å². The predicted octanol–water partition coefficient (Wildman–Crippen LogP) is 0.658. The van der Waals surface area contributed by atoms with Crippen LogP contribution in [0.1, 0.15) is 16.7 Å². The van der Waals surface area contributed by atoms with Crippen molar-refractivity contribution in [3.63, 3.8) is 0 Å². The second-order valence-electron chi connectivity index (χ2n) is 2.23. The minimum atomic E-state index is -1.19. The Morgan fingerprint density at radius 3 is 2.92 bits per heavy atom. The van der Waals surface area contributed by atoms with Crippen molar-refractivity contribution in [1.82, 2.24) is 4.98 Å². The van der Waals surface area contributed by atoms with Gasteiger partial charge in [-0.25, -0.2) is 9.78 Å². The predicted molar refractivity (Wildman–Crippen MR) is 43.8 cm³/mol. The fourth-order valence-electron chi connectivity index (χ4n) is 0.792. The van der Waals surface area contributed by atoms with Crippen LogP contribution in [0.2, 0.25) is 0 Å². The van der Waals surface area contributed by atoms with E-state index in [1.165, 1.54) is 18.4 Å². The van der Waals surface area contributed by atoms with Crippen molar-refractivity contribution in [2.24, 2.45) is 0 Å². The fourth-order valence-corrected chi connectivity index (χ4v) is 1.56. The Labute approximate surface area is 73.8 Å². The van der Waals surface area contributed by atoms with Gasteiger partial charge in [0.15, 0.2) is 6.10 Å². The molecule has 0 aromatic carbocycles. The van der Waals surface area contributed by atoms with Gasteiger partial charge in [0.2, 0.25) is 0 Å². The smallest absolute Gasteiger partial charge is 0.340 e. The number of aliphatic hydroxyl groups is 1. The molecule has 0 radical (unpaired) electrons. The number of rotatable bonds is 2. The molecule has 1 N–H and O–H groups in total. The lowest BCUT2D eigenvalue weighted by molar-refractivity contribution is -0.150. The van der Waals surface area contributed by atoms with Gasteiger partial charge in [-0.05, 0) is 6.92 Å². The lowest BCUT2D eigenvalue weighted by Crippen LogP contribution is -2.13. The molecule has 12 heavy (non-hydrogen) atoms. The number of hydrogen-bond donors (Lipinski definition) is 1. The molecule has 0 bridgehead atoms. The minimum absolute atomic E-state index is 0.543. The van der Waals surface area contributed by atoms with E-state index in [0.29, 0.717) is 10.6 Å². The van der Waals surface area contributed by atoms with E-state index in [4.69, 9.17) is 0 Å². The monoisotopic (exact) mass is 187 g/mol. The first-order valence-corrected chi connectivity index (χ1v) is 4.20. The third-order valence-electron chi connectivity index (χ3n) is 1.46. The van der Waals surface area contributed by atoms with Gasteiger partial charge in [-0.2, -0.15) is 0 Å². The zero-order chi connectivity index (χ0) is 9.14. The molecule has 66 valence electrons. The Hall–Kier alpha value is -0.940. The Bertz CT molecular complexity index is 284. The van der Waals surface area contributed by atoms with Crippen LogP contribution >= 0.6 is 11.3 Å². The number of aromatic nitrogens is 1. The van der Waals surface area contributed by atoms with Crippen LogP contribution in [0.3, 0.4) is 0 Å². The molecule has 1 aromatic heterocycles. The maximum Gasteiger partial charge on any atom is 0.340 e. The number of carbonyl (C=O) groups excluding carboxylic acids is 1. The summed E-state index contributed by atoms with van der Waals surface area (Å²) in [5, 5.41) is 9.35. The number of aryl methyl sites for hydroxylation is 1. The summed E-state index contributed by atoms with van der Waals surface area (Å²) < 4.78 is 4.38. The van der Waals surface area contributed by atoms with Crippen molar-refractivity contribution in [1.29, 1.82) is 0 Å². The molecule has 1 heterocycles. The number of hydrogen-bond acceptors (Lipinski definition) is 5. The van der Waals surface area contributed by atoms with E-state index in [9.17, 15) is 9.90 Å². The molecule has 0 saturated heterocycles. The van der Waals surface area contributed by atoms with Crippen LogP contribution in [-0.4, -0.2) is 23.2 Å². The zero-order valence-corrected chi connectivity index (χ0v) is 7.59.